The molecule has 2 aliphatic carbocycles. The summed E-state index contributed by atoms with van der Waals surface area (Å²) in [6.45, 7) is 7.01. The second kappa shape index (κ2) is 7.90. The van der Waals surface area contributed by atoms with Crippen LogP contribution in [0.2, 0.25) is 5.02 Å². The quantitative estimate of drug-likeness (QED) is 0.531. The molecular formula is C26H34ClNO3. The van der Waals surface area contributed by atoms with Gasteiger partial charge in [-0.15, -0.1) is 0 Å². The van der Waals surface area contributed by atoms with Gasteiger partial charge in [-0.3, -0.25) is 4.79 Å². The van der Waals surface area contributed by atoms with Crippen molar-refractivity contribution in [2.75, 3.05) is 19.6 Å². The van der Waals surface area contributed by atoms with Crippen LogP contribution in [0.4, 0.5) is 0 Å². The van der Waals surface area contributed by atoms with E-state index in [1.54, 1.807) is 5.57 Å². The van der Waals surface area contributed by atoms with Crippen LogP contribution in [0.3, 0.4) is 0 Å². The van der Waals surface area contributed by atoms with E-state index in [1.807, 2.05) is 24.3 Å². The third kappa shape index (κ3) is 3.85. The van der Waals surface area contributed by atoms with Crippen LogP contribution < -0.4 is 0 Å². The van der Waals surface area contributed by atoms with Crippen molar-refractivity contribution in [3.8, 4) is 0 Å². The minimum Gasteiger partial charge on any atom is -0.461 e. The van der Waals surface area contributed by atoms with E-state index in [0.29, 0.717) is 23.8 Å². The highest BCUT2D eigenvalue weighted by atomic mass is 35.5. The molecule has 1 saturated carbocycles. The van der Waals surface area contributed by atoms with Crippen LogP contribution in [-0.4, -0.2) is 41.7 Å². The van der Waals surface area contributed by atoms with Crippen molar-refractivity contribution in [3.63, 3.8) is 0 Å². The third-order valence-corrected chi connectivity index (χ3v) is 8.85. The molecule has 1 aromatic rings. The summed E-state index contributed by atoms with van der Waals surface area (Å²) in [5, 5.41) is 11.9. The maximum Gasteiger partial charge on any atom is 0.311 e. The van der Waals surface area contributed by atoms with Crippen LogP contribution in [0.25, 0.3) is 0 Å². The number of likely N-dealkylation sites (tertiary alicyclic amines) is 1. The molecule has 2 saturated heterocycles. The van der Waals surface area contributed by atoms with E-state index >= 15 is 0 Å². The SMILES string of the molecule is C[C@@H]1CCC[C@@]2(C)C[C@H]3OC(=O)[C@@H](CN4CCC(O)(c5ccc(Cl)cc5)CC4)[C@@H]3C=C12. The van der Waals surface area contributed by atoms with E-state index < -0.39 is 5.60 Å². The lowest BCUT2D eigenvalue weighted by Gasteiger charge is -2.46. The first-order valence-corrected chi connectivity index (χ1v) is 12.3. The molecule has 0 unspecified atom stereocenters. The Morgan fingerprint density at radius 1 is 1.19 bits per heavy atom. The van der Waals surface area contributed by atoms with E-state index in [-0.39, 0.29) is 29.3 Å². The van der Waals surface area contributed by atoms with Crippen LogP contribution in [-0.2, 0) is 15.1 Å². The predicted octanol–water partition coefficient (Wildman–Crippen LogP) is 4.94. The zero-order valence-electron chi connectivity index (χ0n) is 18.6. The molecule has 5 atom stereocenters. The van der Waals surface area contributed by atoms with Crippen molar-refractivity contribution < 1.29 is 14.6 Å². The number of aliphatic hydroxyl groups is 1. The summed E-state index contributed by atoms with van der Waals surface area (Å²) in [7, 11) is 0. The lowest BCUT2D eigenvalue weighted by atomic mass is 9.59. The fraction of sp³-hybridized carbons (Fsp3) is 0.654. The van der Waals surface area contributed by atoms with Gasteiger partial charge >= 0.3 is 5.97 Å². The summed E-state index contributed by atoms with van der Waals surface area (Å²) in [4.78, 5) is 15.2. The highest BCUT2D eigenvalue weighted by Crippen LogP contribution is 2.54. The van der Waals surface area contributed by atoms with Crippen molar-refractivity contribution in [1.29, 1.82) is 0 Å². The summed E-state index contributed by atoms with van der Waals surface area (Å²) in [5.74, 6) is 0.701. The first-order valence-electron chi connectivity index (χ1n) is 11.9. The van der Waals surface area contributed by atoms with Gasteiger partial charge in [-0.05, 0) is 61.1 Å². The molecule has 31 heavy (non-hydrogen) atoms. The second-order valence-electron chi connectivity index (χ2n) is 10.7. The molecule has 0 radical (unpaired) electrons. The predicted molar refractivity (Wildman–Crippen MR) is 122 cm³/mol. The first kappa shape index (κ1) is 21.5. The van der Waals surface area contributed by atoms with E-state index in [0.717, 1.165) is 31.6 Å². The summed E-state index contributed by atoms with van der Waals surface area (Å²) in [5.41, 5.74) is 1.89. The number of hydrogen-bond donors (Lipinski definition) is 1. The van der Waals surface area contributed by atoms with Crippen LogP contribution in [0.1, 0.15) is 57.9 Å². The van der Waals surface area contributed by atoms with Gasteiger partial charge in [0, 0.05) is 30.6 Å². The first-order chi connectivity index (χ1) is 14.8. The zero-order chi connectivity index (χ0) is 21.8. The number of halogens is 1. The van der Waals surface area contributed by atoms with Gasteiger partial charge in [-0.2, -0.15) is 0 Å². The lowest BCUT2D eigenvalue weighted by molar-refractivity contribution is -0.145. The average molecular weight is 444 g/mol. The van der Waals surface area contributed by atoms with Gasteiger partial charge in [0.2, 0.25) is 0 Å². The Bertz CT molecular complexity index is 873. The Kier molecular flexibility index (Phi) is 5.47. The largest absolute Gasteiger partial charge is 0.461 e. The molecule has 2 aliphatic heterocycles. The van der Waals surface area contributed by atoms with Crippen molar-refractivity contribution in [3.05, 3.63) is 46.5 Å². The molecule has 4 aliphatic rings. The minimum atomic E-state index is -0.814. The molecule has 5 heteroatoms. The van der Waals surface area contributed by atoms with Gasteiger partial charge in [-0.25, -0.2) is 0 Å². The Hall–Kier alpha value is -1.36. The van der Waals surface area contributed by atoms with Crippen LogP contribution in [0.5, 0.6) is 0 Å². The lowest BCUT2D eigenvalue weighted by Crippen LogP contribution is -2.46. The molecule has 0 aromatic heterocycles. The van der Waals surface area contributed by atoms with Crippen molar-refractivity contribution in [2.24, 2.45) is 23.2 Å². The number of allylic oxidation sites excluding steroid dienone is 1. The van der Waals surface area contributed by atoms with E-state index in [1.165, 1.54) is 19.3 Å². The smallest absolute Gasteiger partial charge is 0.311 e. The number of carbonyl (C=O) groups is 1. The number of carbonyl (C=O) groups excluding carboxylic acids is 1. The molecule has 0 spiro atoms. The third-order valence-electron chi connectivity index (χ3n) is 8.60. The topological polar surface area (TPSA) is 49.8 Å². The number of hydrogen-bond acceptors (Lipinski definition) is 4. The molecule has 2 heterocycles. The Morgan fingerprint density at radius 3 is 2.61 bits per heavy atom. The summed E-state index contributed by atoms with van der Waals surface area (Å²) < 4.78 is 5.92. The minimum absolute atomic E-state index is 0.0275. The maximum absolute atomic E-state index is 12.8. The molecule has 1 N–H and O–H groups in total. The summed E-state index contributed by atoms with van der Waals surface area (Å²) in [6.07, 6.45) is 8.52. The molecule has 4 nitrogen and oxygen atoms in total. The molecule has 5 rings (SSSR count). The molecule has 3 fully saturated rings. The van der Waals surface area contributed by atoms with Gasteiger partial charge in [0.1, 0.15) is 6.10 Å². The monoisotopic (exact) mass is 443 g/mol. The number of benzene rings is 1. The van der Waals surface area contributed by atoms with Crippen LogP contribution >= 0.6 is 11.6 Å². The fourth-order valence-electron chi connectivity index (χ4n) is 6.69. The zero-order valence-corrected chi connectivity index (χ0v) is 19.4. The van der Waals surface area contributed by atoms with Crippen molar-refractivity contribution in [2.45, 2.75) is 64.1 Å². The van der Waals surface area contributed by atoms with Gasteiger partial charge in [-0.1, -0.05) is 55.7 Å². The number of esters is 1. The molecule has 168 valence electrons. The fourth-order valence-corrected chi connectivity index (χ4v) is 6.82. The average Bonchev–Trinajstić information content (AvgIpc) is 3.02. The molecular weight excluding hydrogens is 410 g/mol. The summed E-state index contributed by atoms with van der Waals surface area (Å²) in [6, 6.07) is 7.53. The van der Waals surface area contributed by atoms with E-state index in [4.69, 9.17) is 16.3 Å². The maximum atomic E-state index is 12.8. The van der Waals surface area contributed by atoms with Crippen molar-refractivity contribution in [1.82, 2.24) is 4.90 Å². The van der Waals surface area contributed by atoms with Gasteiger partial charge < -0.3 is 14.7 Å². The molecule has 0 bridgehead atoms. The second-order valence-corrected chi connectivity index (χ2v) is 11.1. The van der Waals surface area contributed by atoms with E-state index in [9.17, 15) is 9.90 Å². The van der Waals surface area contributed by atoms with Crippen LogP contribution in [0.15, 0.2) is 35.9 Å². The van der Waals surface area contributed by atoms with Gasteiger partial charge in [0.05, 0.1) is 11.5 Å². The Labute approximate surface area is 190 Å². The molecule has 0 amide bonds. The normalized spacial score (nSPS) is 37.5. The Morgan fingerprint density at radius 2 is 1.90 bits per heavy atom. The number of rotatable bonds is 3. The molecule has 1 aromatic carbocycles. The number of piperidine rings is 1. The number of ether oxygens (including phenoxy) is 1. The number of fused-ring (bicyclic) bond motifs is 2. The number of nitrogens with zero attached hydrogens (tertiary/aromatic N) is 1. The summed E-state index contributed by atoms with van der Waals surface area (Å²) >= 11 is 6.01. The van der Waals surface area contributed by atoms with Gasteiger partial charge in [0.25, 0.3) is 0 Å². The highest BCUT2D eigenvalue weighted by Gasteiger charge is 2.52. The Balaban J connectivity index is 1.28. The van der Waals surface area contributed by atoms with Gasteiger partial charge in [0.15, 0.2) is 0 Å². The van der Waals surface area contributed by atoms with E-state index in [2.05, 4.69) is 24.8 Å². The standard InChI is InChI=1S/C26H34ClNO3/c1-17-4-3-9-25(2)15-23-20(14-22(17)25)21(24(29)31-23)16-28-12-10-26(30,11-13-28)18-5-7-19(27)8-6-18/h5-8,14,17,20-21,23,30H,3-4,9-13,15-16H2,1-2H3/t17-,20+,21+,23-,25+/m1/s1. The van der Waals surface area contributed by atoms with Crippen LogP contribution in [0, 0.1) is 23.2 Å². The van der Waals surface area contributed by atoms with Crippen molar-refractivity contribution >= 4 is 17.6 Å². The highest BCUT2D eigenvalue weighted by molar-refractivity contribution is 6.30.